The second-order valence-electron chi connectivity index (χ2n) is 7.76. The minimum atomic E-state index is -1.11. The molecule has 0 aliphatic carbocycles. The molecule has 4 aromatic rings. The van der Waals surface area contributed by atoms with Crippen LogP contribution >= 0.6 is 0 Å². The van der Waals surface area contributed by atoms with Gasteiger partial charge in [0.1, 0.15) is 11.3 Å². The lowest BCUT2D eigenvalue weighted by Crippen LogP contribution is -2.15. The molecule has 1 amide bonds. The van der Waals surface area contributed by atoms with E-state index in [4.69, 9.17) is 0 Å². The van der Waals surface area contributed by atoms with Gasteiger partial charge in [-0.3, -0.25) is 9.59 Å². The van der Waals surface area contributed by atoms with Crippen molar-refractivity contribution < 1.29 is 14.7 Å². The fourth-order valence-corrected chi connectivity index (χ4v) is 3.75. The van der Waals surface area contributed by atoms with Gasteiger partial charge in [-0.15, -0.1) is 0 Å². The number of rotatable bonds is 8. The van der Waals surface area contributed by atoms with Gasteiger partial charge in [-0.2, -0.15) is 0 Å². The largest absolute Gasteiger partial charge is 0.478 e. The second-order valence-corrected chi connectivity index (χ2v) is 7.76. The van der Waals surface area contributed by atoms with Gasteiger partial charge >= 0.3 is 5.97 Å². The Bertz CT molecular complexity index is 1370. The van der Waals surface area contributed by atoms with Crippen molar-refractivity contribution in [2.75, 3.05) is 5.32 Å². The maximum absolute atomic E-state index is 12.6. The summed E-state index contributed by atoms with van der Waals surface area (Å²) in [6, 6.07) is 15.1. The molecule has 0 bridgehead atoms. The summed E-state index contributed by atoms with van der Waals surface area (Å²) >= 11 is 0. The number of aromatic nitrogens is 3. The number of nitrogens with one attached hydrogen (secondary N) is 2. The molecule has 3 N–H and O–H groups in total. The van der Waals surface area contributed by atoms with E-state index in [1.165, 1.54) is 6.07 Å². The molecule has 8 nitrogen and oxygen atoms in total. The van der Waals surface area contributed by atoms with Crippen LogP contribution in [0.1, 0.15) is 51.9 Å². The predicted octanol–water partition coefficient (Wildman–Crippen LogP) is 4.07. The average Bonchev–Trinajstić information content (AvgIpc) is 3.16. The van der Waals surface area contributed by atoms with E-state index >= 15 is 0 Å². The Balaban J connectivity index is 1.57. The number of aromatic amines is 1. The summed E-state index contributed by atoms with van der Waals surface area (Å²) in [6.45, 7) is 2.56. The zero-order chi connectivity index (χ0) is 23.4. The number of carbonyl (C=O) groups is 2. The number of H-pyrrole nitrogens is 1. The first-order valence-electron chi connectivity index (χ1n) is 10.8. The highest BCUT2D eigenvalue weighted by atomic mass is 16.4. The van der Waals surface area contributed by atoms with Crippen molar-refractivity contribution in [2.24, 2.45) is 0 Å². The number of anilines is 1. The highest BCUT2D eigenvalue weighted by Crippen LogP contribution is 2.19. The van der Waals surface area contributed by atoms with Crippen molar-refractivity contribution in [2.45, 2.75) is 32.7 Å². The first-order chi connectivity index (χ1) is 16.0. The quantitative estimate of drug-likeness (QED) is 0.379. The van der Waals surface area contributed by atoms with Gasteiger partial charge in [-0.05, 0) is 42.3 Å². The number of para-hydroxylation sites is 1. The van der Waals surface area contributed by atoms with Crippen LogP contribution in [0, 0.1) is 0 Å². The molecule has 0 atom stereocenters. The van der Waals surface area contributed by atoms with Gasteiger partial charge < -0.3 is 20.0 Å². The number of hydrogen-bond acceptors (Lipinski definition) is 4. The number of imidazole rings is 1. The fourth-order valence-electron chi connectivity index (χ4n) is 3.75. The van der Waals surface area contributed by atoms with E-state index in [1.807, 2.05) is 16.7 Å². The van der Waals surface area contributed by atoms with E-state index in [0.29, 0.717) is 23.1 Å². The molecular formula is C25H24N4O4. The van der Waals surface area contributed by atoms with Crippen LogP contribution in [0.5, 0.6) is 0 Å². The average molecular weight is 444 g/mol. The standard InChI is InChI=1S/C25H24N4O4/c1-2-3-8-21-27-20-13-14-26-24(31)22(20)29(21)15-16-9-11-17(12-10-16)23(30)28-19-7-5-4-6-18(19)25(32)33/h4-7,9-14H,2-3,8,15H2,1H3,(H,26,31)(H,28,30)(H,32,33). The van der Waals surface area contributed by atoms with Crippen molar-refractivity contribution in [3.05, 3.63) is 93.7 Å². The van der Waals surface area contributed by atoms with E-state index in [9.17, 15) is 19.5 Å². The molecule has 168 valence electrons. The first kappa shape index (κ1) is 22.0. The van der Waals surface area contributed by atoms with Gasteiger partial charge in [0.2, 0.25) is 0 Å². The zero-order valence-electron chi connectivity index (χ0n) is 18.2. The zero-order valence-corrected chi connectivity index (χ0v) is 18.2. The molecule has 0 saturated carbocycles. The number of benzene rings is 2. The monoisotopic (exact) mass is 444 g/mol. The molecular weight excluding hydrogens is 420 g/mol. The SMILES string of the molecule is CCCCc1nc2cc[nH]c(=O)c2n1Cc1ccc(C(=O)Nc2ccccc2C(=O)O)cc1. The molecule has 0 aliphatic rings. The normalized spacial score (nSPS) is 10.9. The Labute approximate surface area is 189 Å². The molecule has 0 fully saturated rings. The fraction of sp³-hybridized carbons (Fsp3) is 0.200. The lowest BCUT2D eigenvalue weighted by atomic mass is 10.1. The van der Waals surface area contributed by atoms with E-state index < -0.39 is 11.9 Å². The second kappa shape index (κ2) is 9.52. The molecule has 0 saturated heterocycles. The predicted molar refractivity (Wildman–Crippen MR) is 126 cm³/mol. The Morgan fingerprint density at radius 3 is 2.58 bits per heavy atom. The van der Waals surface area contributed by atoms with Crippen LogP contribution in [0.15, 0.2) is 65.6 Å². The van der Waals surface area contributed by atoms with Crippen LogP contribution in [0.25, 0.3) is 11.0 Å². The van der Waals surface area contributed by atoms with Gasteiger partial charge in [0.05, 0.1) is 16.8 Å². The molecule has 2 aromatic heterocycles. The number of nitrogens with zero attached hydrogens (tertiary/aromatic N) is 2. The van der Waals surface area contributed by atoms with Gasteiger partial charge in [-0.1, -0.05) is 37.6 Å². The minimum absolute atomic E-state index is 0.0271. The number of aryl methyl sites for hydroxylation is 1. The van der Waals surface area contributed by atoms with Crippen molar-refractivity contribution in [1.82, 2.24) is 14.5 Å². The van der Waals surface area contributed by atoms with Crippen molar-refractivity contribution in [1.29, 1.82) is 0 Å². The topological polar surface area (TPSA) is 117 Å². The number of hydrogen-bond donors (Lipinski definition) is 3. The minimum Gasteiger partial charge on any atom is -0.478 e. The molecule has 0 aliphatic heterocycles. The van der Waals surface area contributed by atoms with Crippen molar-refractivity contribution in [3.8, 4) is 0 Å². The smallest absolute Gasteiger partial charge is 0.337 e. The summed E-state index contributed by atoms with van der Waals surface area (Å²) in [5.74, 6) is -0.651. The Morgan fingerprint density at radius 1 is 1.09 bits per heavy atom. The van der Waals surface area contributed by atoms with Gasteiger partial charge in [-0.25, -0.2) is 9.78 Å². The van der Waals surface area contributed by atoms with Crippen LogP contribution in [0.4, 0.5) is 5.69 Å². The van der Waals surface area contributed by atoms with Crippen LogP contribution in [0.2, 0.25) is 0 Å². The van der Waals surface area contributed by atoms with E-state index in [2.05, 4.69) is 22.2 Å². The third-order valence-corrected chi connectivity index (χ3v) is 5.46. The number of amides is 1. The summed E-state index contributed by atoms with van der Waals surface area (Å²) in [5, 5.41) is 12.0. The van der Waals surface area contributed by atoms with Crippen LogP contribution in [0.3, 0.4) is 0 Å². The molecule has 2 heterocycles. The van der Waals surface area contributed by atoms with E-state index in [0.717, 1.165) is 30.7 Å². The highest BCUT2D eigenvalue weighted by molar-refractivity contribution is 6.07. The summed E-state index contributed by atoms with van der Waals surface area (Å²) in [5.41, 5.74) is 2.60. The molecule has 4 rings (SSSR count). The van der Waals surface area contributed by atoms with Crippen LogP contribution in [-0.2, 0) is 13.0 Å². The number of carboxylic acid groups (broad SMARTS) is 1. The summed E-state index contributed by atoms with van der Waals surface area (Å²) in [7, 11) is 0. The molecule has 33 heavy (non-hydrogen) atoms. The van der Waals surface area contributed by atoms with E-state index in [1.54, 1.807) is 42.6 Å². The third kappa shape index (κ3) is 4.69. The summed E-state index contributed by atoms with van der Waals surface area (Å²) < 4.78 is 1.93. The summed E-state index contributed by atoms with van der Waals surface area (Å²) in [4.78, 5) is 43.8. The maximum atomic E-state index is 12.6. The molecule has 2 aromatic carbocycles. The first-order valence-corrected chi connectivity index (χ1v) is 10.8. The molecule has 0 unspecified atom stereocenters. The Hall–Kier alpha value is -4.20. The van der Waals surface area contributed by atoms with E-state index in [-0.39, 0.29) is 16.8 Å². The van der Waals surface area contributed by atoms with Crippen LogP contribution in [-0.4, -0.2) is 31.5 Å². The van der Waals surface area contributed by atoms with Gasteiger partial charge in [0, 0.05) is 24.7 Å². The van der Waals surface area contributed by atoms with Crippen molar-refractivity contribution in [3.63, 3.8) is 0 Å². The van der Waals surface area contributed by atoms with Gasteiger partial charge in [0.15, 0.2) is 0 Å². The lowest BCUT2D eigenvalue weighted by molar-refractivity contribution is 0.0698. The Kier molecular flexibility index (Phi) is 6.35. The van der Waals surface area contributed by atoms with Crippen LogP contribution < -0.4 is 10.9 Å². The molecule has 8 heteroatoms. The number of carboxylic acids is 1. The molecule has 0 radical (unpaired) electrons. The Morgan fingerprint density at radius 2 is 1.85 bits per heavy atom. The van der Waals surface area contributed by atoms with Crippen molar-refractivity contribution >= 4 is 28.6 Å². The summed E-state index contributed by atoms with van der Waals surface area (Å²) in [6.07, 6.45) is 4.36. The number of pyridine rings is 1. The number of fused-ring (bicyclic) bond motifs is 1. The maximum Gasteiger partial charge on any atom is 0.337 e. The number of carbonyl (C=O) groups excluding carboxylic acids is 1. The lowest BCUT2D eigenvalue weighted by Gasteiger charge is -2.11. The molecule has 0 spiro atoms. The number of aromatic carboxylic acids is 1. The van der Waals surface area contributed by atoms with Gasteiger partial charge in [0.25, 0.3) is 11.5 Å². The third-order valence-electron chi connectivity index (χ3n) is 5.46. The number of unbranched alkanes of at least 4 members (excludes halogenated alkanes) is 1. The highest BCUT2D eigenvalue weighted by Gasteiger charge is 2.15.